The van der Waals surface area contributed by atoms with Crippen molar-refractivity contribution in [3.8, 4) is 0 Å². The van der Waals surface area contributed by atoms with Crippen molar-refractivity contribution in [1.82, 2.24) is 0 Å². The van der Waals surface area contributed by atoms with Gasteiger partial charge in [0.2, 0.25) is 5.78 Å². The Labute approximate surface area is 172 Å². The number of benzene rings is 2. The fourth-order valence-corrected chi connectivity index (χ4v) is 6.01. The summed E-state index contributed by atoms with van der Waals surface area (Å²) < 4.78 is 18.8. The molecule has 1 fully saturated rings. The van der Waals surface area contributed by atoms with Gasteiger partial charge >= 0.3 is 0 Å². The van der Waals surface area contributed by atoms with Gasteiger partial charge in [-0.3, -0.25) is 4.79 Å². The number of furan rings is 1. The topological polar surface area (TPSA) is 47.3 Å². The lowest BCUT2D eigenvalue weighted by Gasteiger charge is -2.27. The molecule has 1 heterocycles. The number of ketones is 1. The fourth-order valence-electron chi connectivity index (χ4n) is 4.87. The molecule has 2 aliphatic rings. The Morgan fingerprint density at radius 3 is 2.45 bits per heavy atom. The number of aryl methyl sites for hydroxylation is 1. The average Bonchev–Trinajstić information content (AvgIpc) is 3.49. The molecule has 1 aromatic heterocycles. The van der Waals surface area contributed by atoms with Gasteiger partial charge in [0, 0.05) is 16.7 Å². The quantitative estimate of drug-likeness (QED) is 0.416. The number of carbonyl (C=O) groups is 1. The first-order valence-corrected chi connectivity index (χ1v) is 11.1. The first-order chi connectivity index (χ1) is 14.1. The van der Waals surface area contributed by atoms with Crippen LogP contribution in [0.3, 0.4) is 0 Å². The highest BCUT2D eigenvalue weighted by Gasteiger charge is 2.49. The van der Waals surface area contributed by atoms with Gasteiger partial charge in [0.25, 0.3) is 0 Å². The number of allylic oxidation sites excluding steroid dienone is 2. The highest BCUT2D eigenvalue weighted by molar-refractivity contribution is 7.85. The molecule has 0 N–H and O–H groups in total. The minimum atomic E-state index is -1.45. The molecule has 2 aromatic carbocycles. The van der Waals surface area contributed by atoms with E-state index >= 15 is 0 Å². The van der Waals surface area contributed by atoms with Gasteiger partial charge in [-0.15, -0.1) is 0 Å². The molecule has 1 unspecified atom stereocenters. The van der Waals surface area contributed by atoms with E-state index in [1.807, 2.05) is 49.4 Å². The van der Waals surface area contributed by atoms with E-state index in [0.717, 1.165) is 12.0 Å². The van der Waals surface area contributed by atoms with Gasteiger partial charge in [-0.1, -0.05) is 60.2 Å². The maximum absolute atomic E-state index is 13.6. The number of carbonyl (C=O) groups excluding carboxylic acids is 1. The summed E-state index contributed by atoms with van der Waals surface area (Å²) >= 11 is 0. The maximum atomic E-state index is 13.6. The Bertz CT molecular complexity index is 1090. The van der Waals surface area contributed by atoms with Crippen LogP contribution in [0.1, 0.15) is 34.0 Å². The van der Waals surface area contributed by atoms with Crippen LogP contribution in [-0.2, 0) is 10.8 Å². The van der Waals surface area contributed by atoms with Crippen molar-refractivity contribution < 1.29 is 13.4 Å². The van der Waals surface area contributed by atoms with Crippen LogP contribution in [0.4, 0.5) is 0 Å². The van der Waals surface area contributed by atoms with Crippen molar-refractivity contribution in [2.24, 2.45) is 17.8 Å². The number of fused-ring (bicyclic) bond motifs is 2. The molecule has 0 amide bonds. The molecule has 0 aliphatic heterocycles. The summed E-state index contributed by atoms with van der Waals surface area (Å²) in [6.45, 7) is 1.99. The van der Waals surface area contributed by atoms with E-state index in [4.69, 9.17) is 4.42 Å². The van der Waals surface area contributed by atoms with E-state index in [2.05, 4.69) is 24.3 Å². The lowest BCUT2D eigenvalue weighted by atomic mass is 9.76. The van der Waals surface area contributed by atoms with Gasteiger partial charge in [0.15, 0.2) is 5.76 Å². The van der Waals surface area contributed by atoms with E-state index in [1.54, 1.807) is 6.07 Å². The molecular formula is C25H22O3S. The third-order valence-electron chi connectivity index (χ3n) is 6.23. The van der Waals surface area contributed by atoms with Crippen molar-refractivity contribution in [3.05, 3.63) is 96.0 Å². The summed E-state index contributed by atoms with van der Waals surface area (Å²) in [5.41, 5.74) is 2.30. The van der Waals surface area contributed by atoms with Gasteiger partial charge in [0.05, 0.1) is 22.0 Å². The number of Topliss-reactive ketones (excluding diaryl/α,β-unsaturated/α-hetero) is 1. The lowest BCUT2D eigenvalue weighted by molar-refractivity contribution is 0.0853. The second kappa shape index (κ2) is 7.27. The van der Waals surface area contributed by atoms with Crippen LogP contribution in [-0.4, -0.2) is 9.99 Å². The molecule has 0 radical (unpaired) electrons. The summed E-state index contributed by atoms with van der Waals surface area (Å²) in [5, 5.41) is 0. The minimum absolute atomic E-state index is 0.0313. The minimum Gasteiger partial charge on any atom is -0.460 e. The lowest BCUT2D eigenvalue weighted by Crippen LogP contribution is -2.26. The first kappa shape index (κ1) is 18.3. The molecule has 2 bridgehead atoms. The van der Waals surface area contributed by atoms with E-state index in [1.165, 1.54) is 11.8 Å². The smallest absolute Gasteiger partial charge is 0.203 e. The zero-order valence-corrected chi connectivity index (χ0v) is 17.0. The van der Waals surface area contributed by atoms with Crippen LogP contribution in [0.25, 0.3) is 0 Å². The van der Waals surface area contributed by atoms with Crippen molar-refractivity contribution in [2.75, 3.05) is 0 Å². The van der Waals surface area contributed by atoms with Gasteiger partial charge in [-0.05, 0) is 48.9 Å². The third-order valence-corrected chi connectivity index (χ3v) is 7.66. The molecule has 3 nitrogen and oxygen atoms in total. The van der Waals surface area contributed by atoms with Crippen molar-refractivity contribution in [2.45, 2.75) is 29.1 Å². The summed E-state index contributed by atoms with van der Waals surface area (Å²) in [6, 6.07) is 19.5. The predicted molar refractivity (Wildman–Crippen MR) is 112 cm³/mol. The number of hydrogen-bond acceptors (Lipinski definition) is 3. The van der Waals surface area contributed by atoms with Gasteiger partial charge in [0.1, 0.15) is 0 Å². The Morgan fingerprint density at radius 1 is 0.966 bits per heavy atom. The molecular weight excluding hydrogens is 380 g/mol. The Kier molecular flexibility index (Phi) is 4.59. The van der Waals surface area contributed by atoms with Crippen LogP contribution >= 0.6 is 0 Å². The van der Waals surface area contributed by atoms with Crippen LogP contribution in [0, 0.1) is 24.7 Å². The Balaban J connectivity index is 1.50. The molecule has 5 atom stereocenters. The Hall–Kier alpha value is -2.72. The maximum Gasteiger partial charge on any atom is 0.203 e. The SMILES string of the molecule is Cc1ccc(S(=O)c2ccoc2C(=O)[C@H]2[C@H](c3ccccc3)[C@@H]3C=C[C@H]2C3)cc1. The van der Waals surface area contributed by atoms with Gasteiger partial charge in [-0.25, -0.2) is 4.21 Å². The summed E-state index contributed by atoms with van der Waals surface area (Å²) in [4.78, 5) is 14.8. The predicted octanol–water partition coefficient (Wildman–Crippen LogP) is 5.54. The summed E-state index contributed by atoms with van der Waals surface area (Å²) in [6.07, 6.45) is 6.90. The van der Waals surface area contributed by atoms with Crippen LogP contribution < -0.4 is 0 Å². The van der Waals surface area contributed by atoms with Gasteiger partial charge in [-0.2, -0.15) is 0 Å². The third kappa shape index (κ3) is 3.12. The largest absolute Gasteiger partial charge is 0.460 e. The van der Waals surface area contributed by atoms with E-state index in [9.17, 15) is 9.00 Å². The zero-order chi connectivity index (χ0) is 20.0. The highest BCUT2D eigenvalue weighted by Crippen LogP contribution is 2.54. The second-order valence-electron chi connectivity index (χ2n) is 7.97. The molecule has 0 spiro atoms. The molecule has 3 aromatic rings. The van der Waals surface area contributed by atoms with E-state index < -0.39 is 10.8 Å². The van der Waals surface area contributed by atoms with E-state index in [-0.39, 0.29) is 29.3 Å². The zero-order valence-electron chi connectivity index (χ0n) is 16.2. The van der Waals surface area contributed by atoms with Crippen molar-refractivity contribution in [3.63, 3.8) is 0 Å². The van der Waals surface area contributed by atoms with E-state index in [0.29, 0.717) is 15.7 Å². The van der Waals surface area contributed by atoms with Crippen LogP contribution in [0.15, 0.2) is 93.3 Å². The van der Waals surface area contributed by atoms with Crippen LogP contribution in [0.2, 0.25) is 0 Å². The number of hydrogen-bond donors (Lipinski definition) is 0. The highest BCUT2D eigenvalue weighted by atomic mass is 32.2. The molecule has 4 heteroatoms. The summed E-state index contributed by atoms with van der Waals surface area (Å²) in [7, 11) is -1.45. The first-order valence-electron chi connectivity index (χ1n) is 9.97. The molecule has 5 rings (SSSR count). The molecule has 146 valence electrons. The fraction of sp³-hybridized carbons (Fsp3) is 0.240. The normalized spacial score (nSPS) is 26.0. The van der Waals surface area contributed by atoms with Crippen molar-refractivity contribution >= 4 is 16.6 Å². The molecule has 29 heavy (non-hydrogen) atoms. The molecule has 0 saturated heterocycles. The van der Waals surface area contributed by atoms with Crippen molar-refractivity contribution in [1.29, 1.82) is 0 Å². The number of rotatable bonds is 5. The summed E-state index contributed by atoms with van der Waals surface area (Å²) in [5.74, 6) is 0.768. The average molecular weight is 403 g/mol. The standard InChI is InChI=1S/C25H22O3S/c1-16-7-11-20(12-8-16)29(27)21-13-14-28-25(21)24(26)23-19-10-9-18(15-19)22(23)17-5-3-2-4-6-17/h2-14,18-19,22-23H,15H2,1H3/t18-,19+,22-,23-,29?/m1/s1. The molecule has 1 saturated carbocycles. The second-order valence-corrected chi connectivity index (χ2v) is 9.42. The monoisotopic (exact) mass is 402 g/mol. The molecule has 2 aliphatic carbocycles. The van der Waals surface area contributed by atoms with Gasteiger partial charge < -0.3 is 4.42 Å². The Morgan fingerprint density at radius 2 is 1.69 bits per heavy atom. The van der Waals surface area contributed by atoms with Crippen LogP contribution in [0.5, 0.6) is 0 Å².